The molecule has 0 heterocycles. The van der Waals surface area contributed by atoms with Crippen molar-refractivity contribution in [3.8, 4) is 0 Å². The Morgan fingerprint density at radius 1 is 1.15 bits per heavy atom. The Bertz CT molecular complexity index is 432. The minimum Gasteiger partial charge on any atom is -0.481 e. The monoisotopic (exact) mass is 368 g/mol. The van der Waals surface area contributed by atoms with Crippen molar-refractivity contribution >= 4 is 5.97 Å². The third-order valence-corrected chi connectivity index (χ3v) is 5.97. The SMILES string of the molecule is CCCCCC(O)(CC)CC=C1CC[C@@H](O)[C@@H]1CCCCCCC(=O)O. The summed E-state index contributed by atoms with van der Waals surface area (Å²) in [6.07, 6.45) is 14.5. The van der Waals surface area contributed by atoms with Gasteiger partial charge in [0.25, 0.3) is 0 Å². The second-order valence-corrected chi connectivity index (χ2v) is 8.08. The molecule has 0 saturated heterocycles. The molecule has 1 aliphatic carbocycles. The molecule has 3 atom stereocenters. The van der Waals surface area contributed by atoms with Crippen molar-refractivity contribution in [3.63, 3.8) is 0 Å². The van der Waals surface area contributed by atoms with E-state index in [2.05, 4.69) is 19.9 Å². The summed E-state index contributed by atoms with van der Waals surface area (Å²) in [6.45, 7) is 4.24. The zero-order chi connectivity index (χ0) is 19.4. The van der Waals surface area contributed by atoms with E-state index in [9.17, 15) is 15.0 Å². The van der Waals surface area contributed by atoms with Gasteiger partial charge in [-0.1, -0.05) is 64.0 Å². The first-order valence-electron chi connectivity index (χ1n) is 10.7. The molecule has 3 N–H and O–H groups in total. The Kier molecular flexibility index (Phi) is 11.1. The summed E-state index contributed by atoms with van der Waals surface area (Å²) < 4.78 is 0. The second-order valence-electron chi connectivity index (χ2n) is 8.08. The van der Waals surface area contributed by atoms with E-state index in [1.807, 2.05) is 0 Å². The van der Waals surface area contributed by atoms with Crippen molar-refractivity contribution in [1.29, 1.82) is 0 Å². The van der Waals surface area contributed by atoms with Crippen LogP contribution in [-0.2, 0) is 4.79 Å². The summed E-state index contributed by atoms with van der Waals surface area (Å²) in [7, 11) is 0. The van der Waals surface area contributed by atoms with E-state index in [0.29, 0.717) is 6.42 Å². The fourth-order valence-corrected chi connectivity index (χ4v) is 4.02. The maximum absolute atomic E-state index is 10.8. The summed E-state index contributed by atoms with van der Waals surface area (Å²) in [6, 6.07) is 0. The molecule has 0 aromatic rings. The van der Waals surface area contributed by atoms with Crippen LogP contribution in [0.5, 0.6) is 0 Å². The standard InChI is InChI=1S/C22H40O4/c1-3-5-10-16-22(26,4-2)17-15-18-13-14-20(23)19(18)11-8-6-7-9-12-21(24)25/h15,19-20,23,26H,3-14,16-17H2,1-2H3,(H,24,25)/t19-,20-,22?/m1/s1. The maximum Gasteiger partial charge on any atom is 0.303 e. The van der Waals surface area contributed by atoms with Crippen LogP contribution in [0.4, 0.5) is 0 Å². The van der Waals surface area contributed by atoms with Crippen molar-refractivity contribution < 1.29 is 20.1 Å². The van der Waals surface area contributed by atoms with Crippen LogP contribution in [0.25, 0.3) is 0 Å². The van der Waals surface area contributed by atoms with E-state index >= 15 is 0 Å². The van der Waals surface area contributed by atoms with Gasteiger partial charge in [0, 0.05) is 12.3 Å². The van der Waals surface area contributed by atoms with Gasteiger partial charge in [-0.25, -0.2) is 0 Å². The van der Waals surface area contributed by atoms with Crippen LogP contribution in [0.3, 0.4) is 0 Å². The predicted octanol–water partition coefficient (Wildman–Crippen LogP) is 5.22. The number of aliphatic carboxylic acids is 1. The van der Waals surface area contributed by atoms with Gasteiger partial charge in [-0.15, -0.1) is 0 Å². The zero-order valence-corrected chi connectivity index (χ0v) is 16.9. The smallest absolute Gasteiger partial charge is 0.303 e. The van der Waals surface area contributed by atoms with Crippen molar-refractivity contribution in [2.75, 3.05) is 0 Å². The number of carboxylic acids is 1. The molecule has 1 aliphatic rings. The van der Waals surface area contributed by atoms with Gasteiger partial charge in [0.15, 0.2) is 0 Å². The average molecular weight is 369 g/mol. The lowest BCUT2D eigenvalue weighted by Crippen LogP contribution is -2.27. The minimum absolute atomic E-state index is 0.228. The molecule has 1 saturated carbocycles. The third-order valence-electron chi connectivity index (χ3n) is 5.97. The number of carboxylic acid groups (broad SMARTS) is 1. The number of hydrogen-bond donors (Lipinski definition) is 3. The van der Waals surface area contributed by atoms with Crippen molar-refractivity contribution in [2.24, 2.45) is 5.92 Å². The van der Waals surface area contributed by atoms with E-state index in [4.69, 9.17) is 5.11 Å². The van der Waals surface area contributed by atoms with Crippen LogP contribution in [0.15, 0.2) is 11.6 Å². The van der Waals surface area contributed by atoms with Gasteiger partial charge in [-0.3, -0.25) is 4.79 Å². The fraction of sp³-hybridized carbons (Fsp3) is 0.864. The number of carbonyl (C=O) groups is 1. The molecule has 0 aromatic carbocycles. The summed E-state index contributed by atoms with van der Waals surface area (Å²) in [4.78, 5) is 10.5. The summed E-state index contributed by atoms with van der Waals surface area (Å²) in [5.41, 5.74) is 0.724. The molecule has 1 fully saturated rings. The first-order chi connectivity index (χ1) is 12.4. The van der Waals surface area contributed by atoms with Gasteiger partial charge in [0.1, 0.15) is 0 Å². The van der Waals surface area contributed by atoms with Crippen LogP contribution >= 0.6 is 0 Å². The number of aliphatic hydroxyl groups is 2. The van der Waals surface area contributed by atoms with E-state index in [-0.39, 0.29) is 18.4 Å². The van der Waals surface area contributed by atoms with Gasteiger partial charge in [0.05, 0.1) is 11.7 Å². The highest BCUT2D eigenvalue weighted by atomic mass is 16.4. The summed E-state index contributed by atoms with van der Waals surface area (Å²) in [5.74, 6) is -0.491. The van der Waals surface area contributed by atoms with E-state index in [1.54, 1.807) is 0 Å². The lowest BCUT2D eigenvalue weighted by molar-refractivity contribution is -0.137. The summed E-state index contributed by atoms with van der Waals surface area (Å²) in [5, 5.41) is 29.8. The summed E-state index contributed by atoms with van der Waals surface area (Å²) >= 11 is 0. The third kappa shape index (κ3) is 8.68. The molecule has 0 spiro atoms. The molecule has 152 valence electrons. The van der Waals surface area contributed by atoms with E-state index in [1.165, 1.54) is 18.4 Å². The number of aliphatic hydroxyl groups excluding tert-OH is 1. The maximum atomic E-state index is 10.8. The van der Waals surface area contributed by atoms with E-state index in [0.717, 1.165) is 64.2 Å². The molecule has 26 heavy (non-hydrogen) atoms. The second kappa shape index (κ2) is 12.5. The Morgan fingerprint density at radius 3 is 2.54 bits per heavy atom. The molecule has 0 amide bonds. The largest absolute Gasteiger partial charge is 0.481 e. The van der Waals surface area contributed by atoms with Gasteiger partial charge in [0.2, 0.25) is 0 Å². The normalized spacial score (nSPS) is 24.1. The van der Waals surface area contributed by atoms with Gasteiger partial charge in [-0.05, 0) is 44.9 Å². The molecule has 4 heteroatoms. The van der Waals surface area contributed by atoms with Crippen LogP contribution in [-0.4, -0.2) is 33.0 Å². The lowest BCUT2D eigenvalue weighted by Gasteiger charge is -2.26. The Labute approximate surface area is 159 Å². The van der Waals surface area contributed by atoms with Crippen molar-refractivity contribution in [1.82, 2.24) is 0 Å². The lowest BCUT2D eigenvalue weighted by atomic mass is 9.87. The Balaban J connectivity index is 2.44. The van der Waals surface area contributed by atoms with Crippen molar-refractivity contribution in [3.05, 3.63) is 11.6 Å². The highest BCUT2D eigenvalue weighted by Gasteiger charge is 2.30. The van der Waals surface area contributed by atoms with Crippen molar-refractivity contribution in [2.45, 2.75) is 115 Å². The zero-order valence-electron chi connectivity index (χ0n) is 16.9. The molecular formula is C22H40O4. The number of hydrogen-bond acceptors (Lipinski definition) is 3. The molecule has 0 radical (unpaired) electrons. The average Bonchev–Trinajstić information content (AvgIpc) is 2.96. The van der Waals surface area contributed by atoms with Gasteiger partial charge in [-0.2, -0.15) is 0 Å². The molecule has 0 aromatic heterocycles. The molecule has 0 bridgehead atoms. The van der Waals surface area contributed by atoms with Gasteiger partial charge >= 0.3 is 5.97 Å². The van der Waals surface area contributed by atoms with Crippen LogP contribution < -0.4 is 0 Å². The molecule has 1 rings (SSSR count). The predicted molar refractivity (Wildman–Crippen MR) is 106 cm³/mol. The Hall–Kier alpha value is -0.870. The molecule has 0 aliphatic heterocycles. The fourth-order valence-electron chi connectivity index (χ4n) is 4.02. The highest BCUT2D eigenvalue weighted by molar-refractivity contribution is 5.66. The minimum atomic E-state index is -0.719. The number of rotatable bonds is 14. The first-order valence-corrected chi connectivity index (χ1v) is 10.7. The van der Waals surface area contributed by atoms with E-state index < -0.39 is 11.6 Å². The molecular weight excluding hydrogens is 328 g/mol. The van der Waals surface area contributed by atoms with Crippen LogP contribution in [0, 0.1) is 5.92 Å². The Morgan fingerprint density at radius 2 is 1.88 bits per heavy atom. The molecule has 4 nitrogen and oxygen atoms in total. The molecule has 1 unspecified atom stereocenters. The first kappa shape index (κ1) is 23.2. The van der Waals surface area contributed by atoms with Gasteiger partial charge < -0.3 is 15.3 Å². The quantitative estimate of drug-likeness (QED) is 0.290. The van der Waals surface area contributed by atoms with Crippen LogP contribution in [0.2, 0.25) is 0 Å². The van der Waals surface area contributed by atoms with Crippen LogP contribution in [0.1, 0.15) is 104 Å². The topological polar surface area (TPSA) is 77.8 Å². The highest BCUT2D eigenvalue weighted by Crippen LogP contribution is 2.37. The number of unbranched alkanes of at least 4 members (excludes halogenated alkanes) is 5.